The van der Waals surface area contributed by atoms with E-state index < -0.39 is 6.04 Å². The molecule has 2 aliphatic heterocycles. The number of nitrogens with zero attached hydrogens (tertiary/aromatic N) is 4. The van der Waals surface area contributed by atoms with Crippen molar-refractivity contribution in [2.24, 2.45) is 5.92 Å². The second-order valence-corrected chi connectivity index (χ2v) is 11.8. The summed E-state index contributed by atoms with van der Waals surface area (Å²) in [6.45, 7) is 3.62. The minimum atomic E-state index is -0.827. The van der Waals surface area contributed by atoms with Gasteiger partial charge < -0.3 is 25.0 Å². The van der Waals surface area contributed by atoms with Crippen molar-refractivity contribution in [3.63, 3.8) is 0 Å². The highest BCUT2D eigenvalue weighted by atomic mass is 16.2. The molecule has 4 amide bonds. The average Bonchev–Trinajstić information content (AvgIpc) is 3.77. The molecule has 1 aliphatic carbocycles. The fraction of sp³-hybridized carbons (Fsp3) is 0.438. The van der Waals surface area contributed by atoms with Crippen LogP contribution in [0, 0.1) is 5.92 Å². The first-order chi connectivity index (χ1) is 20.4. The molecule has 2 aromatic carbocycles. The van der Waals surface area contributed by atoms with Crippen molar-refractivity contribution >= 4 is 17.8 Å². The number of amides is 4. The van der Waals surface area contributed by atoms with E-state index >= 15 is 0 Å². The summed E-state index contributed by atoms with van der Waals surface area (Å²) in [5, 5.41) is 2.98. The Morgan fingerprint density at radius 3 is 2.21 bits per heavy atom. The maximum atomic E-state index is 13.8. The molecule has 3 aromatic rings. The van der Waals surface area contributed by atoms with E-state index in [2.05, 4.69) is 10.3 Å². The smallest absolute Gasteiger partial charge is 0.326 e. The molecule has 220 valence electrons. The molecule has 3 aliphatic rings. The Bertz CT molecular complexity index is 1470. The van der Waals surface area contributed by atoms with Crippen LogP contribution in [0.3, 0.4) is 0 Å². The molecule has 0 radical (unpaired) electrons. The third kappa shape index (κ3) is 5.98. The lowest BCUT2D eigenvalue weighted by Crippen LogP contribution is -2.55. The number of nitrogens with one attached hydrogen (secondary N) is 2. The van der Waals surface area contributed by atoms with Crippen LogP contribution in [0.5, 0.6) is 0 Å². The molecule has 2 N–H and O–H groups in total. The van der Waals surface area contributed by atoms with Crippen molar-refractivity contribution in [3.05, 3.63) is 82.9 Å². The van der Waals surface area contributed by atoms with Gasteiger partial charge in [-0.2, -0.15) is 0 Å². The number of imidazole rings is 1. The number of carbonyl (C=O) groups excluding carboxylic acids is 3. The number of hydrogen-bond donors (Lipinski definition) is 2. The molecule has 3 fully saturated rings. The van der Waals surface area contributed by atoms with Crippen LogP contribution in [-0.2, 0) is 9.59 Å². The molecular formula is C32H38N6O4. The summed E-state index contributed by atoms with van der Waals surface area (Å²) in [7, 11) is 0. The fourth-order valence-electron chi connectivity index (χ4n) is 6.25. The highest BCUT2D eigenvalue weighted by Gasteiger charge is 2.40. The number of hydrogen-bond acceptors (Lipinski definition) is 4. The predicted molar refractivity (Wildman–Crippen MR) is 159 cm³/mol. The van der Waals surface area contributed by atoms with Gasteiger partial charge in [-0.25, -0.2) is 9.59 Å². The lowest BCUT2D eigenvalue weighted by Gasteiger charge is -2.34. The van der Waals surface area contributed by atoms with Gasteiger partial charge in [-0.1, -0.05) is 60.7 Å². The van der Waals surface area contributed by atoms with E-state index in [4.69, 9.17) is 0 Å². The third-order valence-corrected chi connectivity index (χ3v) is 8.79. The van der Waals surface area contributed by atoms with E-state index in [1.807, 2.05) is 71.8 Å². The monoisotopic (exact) mass is 570 g/mol. The van der Waals surface area contributed by atoms with Crippen LogP contribution in [0.1, 0.15) is 50.3 Å². The van der Waals surface area contributed by atoms with Crippen LogP contribution in [0.15, 0.2) is 71.7 Å². The molecule has 10 heteroatoms. The highest BCUT2D eigenvalue weighted by molar-refractivity contribution is 5.89. The Labute approximate surface area is 245 Å². The maximum absolute atomic E-state index is 13.8. The Kier molecular flexibility index (Phi) is 7.86. The van der Waals surface area contributed by atoms with Crippen LogP contribution in [0.2, 0.25) is 0 Å². The SMILES string of the molecule is CC(=O)N1C[C@@H](NC(=O)N2CCC(n3cc(-c4ccccc4)[nH]c3=O)CC2)C(=O)N(CC2CC2)C[C@@H]1c1ccccc1. The number of piperidine rings is 1. The number of H-pyrrole nitrogens is 1. The van der Waals surface area contributed by atoms with Crippen molar-refractivity contribution in [2.45, 2.75) is 50.7 Å². The minimum Gasteiger partial charge on any atom is -0.338 e. The lowest BCUT2D eigenvalue weighted by molar-refractivity contribution is -0.132. The largest absolute Gasteiger partial charge is 0.338 e. The zero-order chi connectivity index (χ0) is 29.2. The highest BCUT2D eigenvalue weighted by Crippen LogP contribution is 2.33. The Balaban J connectivity index is 1.14. The van der Waals surface area contributed by atoms with E-state index in [1.54, 1.807) is 14.4 Å². The van der Waals surface area contributed by atoms with Crippen molar-refractivity contribution in [1.29, 1.82) is 0 Å². The Morgan fingerprint density at radius 2 is 1.57 bits per heavy atom. The molecule has 2 saturated heterocycles. The first kappa shape index (κ1) is 27.8. The second-order valence-electron chi connectivity index (χ2n) is 11.8. The molecule has 3 heterocycles. The molecule has 0 spiro atoms. The first-order valence-corrected chi connectivity index (χ1v) is 14.9. The maximum Gasteiger partial charge on any atom is 0.326 e. The van der Waals surface area contributed by atoms with Crippen LogP contribution in [-0.4, -0.2) is 80.9 Å². The second kappa shape index (κ2) is 11.9. The van der Waals surface area contributed by atoms with Crippen LogP contribution in [0.4, 0.5) is 4.79 Å². The topological polar surface area (TPSA) is 111 Å². The normalized spacial score (nSPS) is 21.7. The number of carbonyl (C=O) groups is 3. The summed E-state index contributed by atoms with van der Waals surface area (Å²) in [5.74, 6) is 0.211. The molecule has 6 rings (SSSR count). The van der Waals surface area contributed by atoms with Crippen LogP contribution >= 0.6 is 0 Å². The van der Waals surface area contributed by atoms with Gasteiger partial charge in [0.1, 0.15) is 6.04 Å². The summed E-state index contributed by atoms with van der Waals surface area (Å²) < 4.78 is 1.73. The van der Waals surface area contributed by atoms with E-state index in [0.29, 0.717) is 44.9 Å². The van der Waals surface area contributed by atoms with Crippen molar-refractivity contribution in [3.8, 4) is 11.3 Å². The molecule has 1 aromatic heterocycles. The van der Waals surface area contributed by atoms with Gasteiger partial charge in [0.15, 0.2) is 0 Å². The zero-order valence-electron chi connectivity index (χ0n) is 23.9. The number of likely N-dealkylation sites (tertiary alicyclic amines) is 1. The van der Waals surface area contributed by atoms with E-state index in [1.165, 1.54) is 6.92 Å². The van der Waals surface area contributed by atoms with Gasteiger partial charge >= 0.3 is 11.7 Å². The van der Waals surface area contributed by atoms with Crippen LogP contribution in [0.25, 0.3) is 11.3 Å². The third-order valence-electron chi connectivity index (χ3n) is 8.79. The van der Waals surface area contributed by atoms with E-state index in [-0.39, 0.29) is 42.2 Å². The van der Waals surface area contributed by atoms with Crippen molar-refractivity contribution in [2.75, 3.05) is 32.7 Å². The van der Waals surface area contributed by atoms with Gasteiger partial charge in [0, 0.05) is 45.3 Å². The number of aromatic amines is 1. The van der Waals surface area contributed by atoms with Gasteiger partial charge in [0.25, 0.3) is 0 Å². The van der Waals surface area contributed by atoms with Gasteiger partial charge in [0.05, 0.1) is 18.3 Å². The summed E-state index contributed by atoms with van der Waals surface area (Å²) in [5.41, 5.74) is 2.54. The standard InChI is InChI=1S/C32H38N6O4/c1-22(39)37-20-28(30(40)36(18-23-12-13-23)21-29(37)25-10-6-3-7-11-25)34-31(41)35-16-14-26(15-17-35)38-19-27(33-32(38)42)24-8-4-2-5-9-24/h2-11,19,23,26,28-29H,12-18,20-21H2,1H3,(H,33,42)(H,34,41)/t28-,29-/m1/s1. The fourth-order valence-corrected chi connectivity index (χ4v) is 6.25. The minimum absolute atomic E-state index is 0.0244. The summed E-state index contributed by atoms with van der Waals surface area (Å²) in [6.07, 6.45) is 5.30. The van der Waals surface area contributed by atoms with Crippen LogP contribution < -0.4 is 11.0 Å². The zero-order valence-corrected chi connectivity index (χ0v) is 23.9. The summed E-state index contributed by atoms with van der Waals surface area (Å²) >= 11 is 0. The molecule has 0 bridgehead atoms. The Morgan fingerprint density at radius 1 is 0.905 bits per heavy atom. The van der Waals surface area contributed by atoms with Crippen molar-refractivity contribution in [1.82, 2.24) is 29.6 Å². The molecular weight excluding hydrogens is 532 g/mol. The van der Waals surface area contributed by atoms with Gasteiger partial charge in [-0.05, 0) is 42.7 Å². The lowest BCUT2D eigenvalue weighted by atomic mass is 10.0. The van der Waals surface area contributed by atoms with E-state index in [0.717, 1.165) is 29.7 Å². The first-order valence-electron chi connectivity index (χ1n) is 14.9. The van der Waals surface area contributed by atoms with Gasteiger partial charge in [0.2, 0.25) is 11.8 Å². The molecule has 0 unspecified atom stereocenters. The average molecular weight is 571 g/mol. The summed E-state index contributed by atoms with van der Waals surface area (Å²) in [6, 6.07) is 18.1. The summed E-state index contributed by atoms with van der Waals surface area (Å²) in [4.78, 5) is 61.0. The molecule has 42 heavy (non-hydrogen) atoms. The van der Waals surface area contributed by atoms with E-state index in [9.17, 15) is 19.2 Å². The predicted octanol–water partition coefficient (Wildman–Crippen LogP) is 3.40. The number of urea groups is 1. The van der Waals surface area contributed by atoms with Gasteiger partial charge in [-0.3, -0.25) is 14.2 Å². The quantitative estimate of drug-likeness (QED) is 0.473. The molecule has 10 nitrogen and oxygen atoms in total. The Hall–Kier alpha value is -4.34. The number of benzene rings is 2. The number of rotatable bonds is 6. The number of aromatic nitrogens is 2. The van der Waals surface area contributed by atoms with Gasteiger partial charge in [-0.15, -0.1) is 0 Å². The molecule has 1 saturated carbocycles. The molecule has 2 atom stereocenters. The van der Waals surface area contributed by atoms with Crippen molar-refractivity contribution < 1.29 is 14.4 Å².